The fraction of sp³-hybridized carbons (Fsp3) is 0.350. The van der Waals surface area contributed by atoms with Gasteiger partial charge in [-0.1, -0.05) is 35.4 Å². The molecule has 0 aromatic heterocycles. The number of guanidine groups is 1. The van der Waals surface area contributed by atoms with Gasteiger partial charge in [-0.2, -0.15) is 0 Å². The van der Waals surface area contributed by atoms with Crippen molar-refractivity contribution >= 4 is 23.2 Å². The molecule has 6 heteroatoms. The fourth-order valence-electron chi connectivity index (χ4n) is 3.48. The van der Waals surface area contributed by atoms with E-state index in [9.17, 15) is 4.39 Å². The van der Waals surface area contributed by atoms with Crippen LogP contribution in [-0.4, -0.2) is 31.0 Å². The van der Waals surface area contributed by atoms with Crippen LogP contribution in [0.1, 0.15) is 23.6 Å². The monoisotopic (exact) mass is 374 g/mol. The minimum absolute atomic E-state index is 0.109. The second-order valence-corrected chi connectivity index (χ2v) is 7.27. The van der Waals surface area contributed by atoms with Crippen molar-refractivity contribution in [1.82, 2.24) is 4.90 Å². The molecule has 26 heavy (non-hydrogen) atoms. The zero-order chi connectivity index (χ0) is 18.7. The van der Waals surface area contributed by atoms with Crippen LogP contribution in [0.2, 0.25) is 5.02 Å². The second-order valence-electron chi connectivity index (χ2n) is 6.86. The van der Waals surface area contributed by atoms with Crippen LogP contribution in [0, 0.1) is 18.7 Å². The SMILES string of the molecule is Cc1ccc(NC(N)=NCC2CCN(C)C2c2ccc(Cl)c(F)c2)cc1. The Morgan fingerprint density at radius 2 is 2.04 bits per heavy atom. The molecule has 2 aromatic rings. The number of anilines is 1. The van der Waals surface area contributed by atoms with Gasteiger partial charge in [0, 0.05) is 18.3 Å². The van der Waals surface area contributed by atoms with Crippen LogP contribution in [0.5, 0.6) is 0 Å². The smallest absolute Gasteiger partial charge is 0.193 e. The summed E-state index contributed by atoms with van der Waals surface area (Å²) < 4.78 is 13.9. The van der Waals surface area contributed by atoms with E-state index in [1.807, 2.05) is 37.3 Å². The van der Waals surface area contributed by atoms with Gasteiger partial charge in [0.05, 0.1) is 5.02 Å². The Labute approximate surface area is 158 Å². The van der Waals surface area contributed by atoms with E-state index in [1.54, 1.807) is 6.07 Å². The minimum Gasteiger partial charge on any atom is -0.370 e. The molecule has 0 saturated carbocycles. The largest absolute Gasteiger partial charge is 0.370 e. The van der Waals surface area contributed by atoms with Crippen molar-refractivity contribution in [3.05, 3.63) is 64.4 Å². The van der Waals surface area contributed by atoms with Gasteiger partial charge in [-0.25, -0.2) is 4.39 Å². The zero-order valence-electron chi connectivity index (χ0n) is 15.0. The van der Waals surface area contributed by atoms with Crippen molar-refractivity contribution in [2.75, 3.05) is 25.5 Å². The van der Waals surface area contributed by atoms with E-state index in [2.05, 4.69) is 22.3 Å². The van der Waals surface area contributed by atoms with Gasteiger partial charge in [-0.3, -0.25) is 9.89 Å². The third-order valence-corrected chi connectivity index (χ3v) is 5.19. The first kappa shape index (κ1) is 18.7. The molecule has 2 unspecified atom stereocenters. The minimum atomic E-state index is -0.382. The number of aryl methyl sites for hydroxylation is 1. The van der Waals surface area contributed by atoms with Crippen LogP contribution < -0.4 is 11.1 Å². The summed E-state index contributed by atoms with van der Waals surface area (Å²) in [4.78, 5) is 6.74. The number of nitrogens with zero attached hydrogens (tertiary/aromatic N) is 2. The third-order valence-electron chi connectivity index (χ3n) is 4.88. The summed E-state index contributed by atoms with van der Waals surface area (Å²) in [5, 5.41) is 3.26. The van der Waals surface area contributed by atoms with Gasteiger partial charge in [0.2, 0.25) is 0 Å². The number of benzene rings is 2. The summed E-state index contributed by atoms with van der Waals surface area (Å²) in [5.74, 6) is 0.288. The lowest BCUT2D eigenvalue weighted by molar-refractivity contribution is 0.279. The molecule has 2 aromatic carbocycles. The number of nitrogens with one attached hydrogen (secondary N) is 1. The third kappa shape index (κ3) is 4.34. The first-order valence-corrected chi connectivity index (χ1v) is 9.10. The molecule has 0 radical (unpaired) electrons. The second kappa shape index (κ2) is 8.06. The maximum absolute atomic E-state index is 13.9. The molecule has 1 aliphatic heterocycles. The Kier molecular flexibility index (Phi) is 5.79. The van der Waals surface area contributed by atoms with Crippen LogP contribution in [0.4, 0.5) is 10.1 Å². The van der Waals surface area contributed by atoms with Crippen LogP contribution in [0.15, 0.2) is 47.5 Å². The molecule has 1 heterocycles. The summed E-state index contributed by atoms with van der Waals surface area (Å²) in [6.45, 7) is 3.57. The number of rotatable bonds is 4. The maximum Gasteiger partial charge on any atom is 0.193 e. The maximum atomic E-state index is 13.9. The first-order valence-electron chi connectivity index (χ1n) is 8.73. The van der Waals surface area contributed by atoms with Gasteiger partial charge >= 0.3 is 0 Å². The number of nitrogens with two attached hydrogens (primary N) is 1. The van der Waals surface area contributed by atoms with Gasteiger partial charge < -0.3 is 11.1 Å². The lowest BCUT2D eigenvalue weighted by Gasteiger charge is -2.25. The van der Waals surface area contributed by atoms with E-state index in [-0.39, 0.29) is 22.8 Å². The Bertz CT molecular complexity index is 791. The zero-order valence-corrected chi connectivity index (χ0v) is 15.8. The molecule has 0 amide bonds. The molecule has 1 aliphatic rings. The van der Waals surface area contributed by atoms with Crippen molar-refractivity contribution < 1.29 is 4.39 Å². The first-order chi connectivity index (χ1) is 12.4. The van der Waals surface area contributed by atoms with Crippen LogP contribution in [0.25, 0.3) is 0 Å². The van der Waals surface area contributed by atoms with Crippen molar-refractivity contribution in [3.8, 4) is 0 Å². The van der Waals surface area contributed by atoms with Crippen molar-refractivity contribution in [2.45, 2.75) is 19.4 Å². The molecular weight excluding hydrogens is 351 g/mol. The molecule has 138 valence electrons. The van der Waals surface area contributed by atoms with E-state index < -0.39 is 0 Å². The molecule has 0 bridgehead atoms. The molecule has 3 rings (SSSR count). The lowest BCUT2D eigenvalue weighted by Crippen LogP contribution is -2.26. The summed E-state index contributed by atoms with van der Waals surface area (Å²) >= 11 is 5.81. The Balaban J connectivity index is 1.69. The number of hydrogen-bond donors (Lipinski definition) is 2. The molecule has 1 saturated heterocycles. The molecule has 3 N–H and O–H groups in total. The number of halogens is 2. The van der Waals surface area contributed by atoms with Gasteiger partial charge in [-0.05, 0) is 62.7 Å². The van der Waals surface area contributed by atoms with Gasteiger partial charge in [0.1, 0.15) is 5.82 Å². The Hall–Kier alpha value is -2.11. The lowest BCUT2D eigenvalue weighted by atomic mass is 9.94. The molecule has 2 atom stereocenters. The molecule has 1 fully saturated rings. The van der Waals surface area contributed by atoms with Crippen molar-refractivity contribution in [1.29, 1.82) is 0 Å². The van der Waals surface area contributed by atoms with Crippen molar-refractivity contribution in [3.63, 3.8) is 0 Å². The molecular formula is C20H24ClFN4. The molecule has 0 spiro atoms. The highest BCUT2D eigenvalue weighted by Gasteiger charge is 2.33. The molecule has 4 nitrogen and oxygen atoms in total. The topological polar surface area (TPSA) is 53.6 Å². The highest BCUT2D eigenvalue weighted by molar-refractivity contribution is 6.30. The van der Waals surface area contributed by atoms with Gasteiger partial charge in [0.25, 0.3) is 0 Å². The van der Waals surface area contributed by atoms with Crippen LogP contribution in [-0.2, 0) is 0 Å². The Morgan fingerprint density at radius 1 is 1.31 bits per heavy atom. The van der Waals surface area contributed by atoms with Crippen LogP contribution in [0.3, 0.4) is 0 Å². The number of aliphatic imine (C=N–C) groups is 1. The summed E-state index contributed by atoms with van der Waals surface area (Å²) in [7, 11) is 2.05. The van der Waals surface area contributed by atoms with E-state index in [0.29, 0.717) is 12.5 Å². The number of hydrogen-bond acceptors (Lipinski definition) is 2. The van der Waals surface area contributed by atoms with E-state index >= 15 is 0 Å². The molecule has 0 aliphatic carbocycles. The normalized spacial score (nSPS) is 21.2. The van der Waals surface area contributed by atoms with Crippen LogP contribution >= 0.6 is 11.6 Å². The van der Waals surface area contributed by atoms with Gasteiger partial charge in [0.15, 0.2) is 5.96 Å². The van der Waals surface area contributed by atoms with E-state index in [4.69, 9.17) is 17.3 Å². The summed E-state index contributed by atoms with van der Waals surface area (Å²) in [6.07, 6.45) is 0.993. The highest BCUT2D eigenvalue weighted by atomic mass is 35.5. The average molecular weight is 375 g/mol. The average Bonchev–Trinajstić information content (AvgIpc) is 2.98. The highest BCUT2D eigenvalue weighted by Crippen LogP contribution is 2.37. The Morgan fingerprint density at radius 3 is 2.73 bits per heavy atom. The fourth-order valence-corrected chi connectivity index (χ4v) is 3.60. The van der Waals surface area contributed by atoms with Gasteiger partial charge in [-0.15, -0.1) is 0 Å². The predicted molar refractivity (Wildman–Crippen MR) is 106 cm³/mol. The number of likely N-dealkylation sites (tertiary alicyclic amines) is 1. The van der Waals surface area contributed by atoms with E-state index in [0.717, 1.165) is 24.2 Å². The summed E-state index contributed by atoms with van der Waals surface area (Å²) in [6, 6.07) is 13.1. The standard InChI is InChI=1S/C20H24ClFN4/c1-13-3-6-16(7-4-13)25-20(23)24-12-15-9-10-26(2)19(15)14-5-8-17(21)18(22)11-14/h3-8,11,15,19H,9-10,12H2,1-2H3,(H3,23,24,25). The predicted octanol–water partition coefficient (Wildman–Crippen LogP) is 4.21. The van der Waals surface area contributed by atoms with Crippen molar-refractivity contribution in [2.24, 2.45) is 16.6 Å². The quantitative estimate of drug-likeness (QED) is 0.622. The summed E-state index contributed by atoms with van der Waals surface area (Å²) in [5.41, 5.74) is 9.07. The van der Waals surface area contributed by atoms with E-state index in [1.165, 1.54) is 11.6 Å².